The second kappa shape index (κ2) is 3.38. The summed E-state index contributed by atoms with van der Waals surface area (Å²) in [6, 6.07) is 9.66. The molecule has 0 bridgehead atoms. The van der Waals surface area contributed by atoms with Crippen LogP contribution in [0.1, 0.15) is 0 Å². The van der Waals surface area contributed by atoms with Crippen LogP contribution in [0.4, 0.5) is 5.82 Å². The standard InChI is InChI=1S/C11H8BrN3O/c12-7-2-1-3-8-6(7)4-9(14-8)10-5-11(13)15-16-10/h1-5,14H,(H2,13,15). The van der Waals surface area contributed by atoms with Crippen LogP contribution in [0, 0.1) is 0 Å². The summed E-state index contributed by atoms with van der Waals surface area (Å²) in [5.74, 6) is 1.02. The molecule has 0 aliphatic heterocycles. The smallest absolute Gasteiger partial charge is 0.185 e. The van der Waals surface area contributed by atoms with E-state index < -0.39 is 0 Å². The van der Waals surface area contributed by atoms with Crippen LogP contribution in [0.15, 0.2) is 39.3 Å². The van der Waals surface area contributed by atoms with Gasteiger partial charge in [-0.15, -0.1) is 0 Å². The van der Waals surface area contributed by atoms with E-state index in [0.717, 1.165) is 21.1 Å². The number of nitrogens with one attached hydrogen (secondary N) is 1. The summed E-state index contributed by atoms with van der Waals surface area (Å²) < 4.78 is 6.14. The number of hydrogen-bond donors (Lipinski definition) is 2. The van der Waals surface area contributed by atoms with Gasteiger partial charge in [0, 0.05) is 21.4 Å². The van der Waals surface area contributed by atoms with Gasteiger partial charge in [0.2, 0.25) is 0 Å². The molecule has 80 valence electrons. The summed E-state index contributed by atoms with van der Waals surface area (Å²) >= 11 is 3.50. The first-order valence-electron chi connectivity index (χ1n) is 4.74. The fourth-order valence-corrected chi connectivity index (χ4v) is 2.15. The Kier molecular flexibility index (Phi) is 2.00. The molecule has 0 spiro atoms. The van der Waals surface area contributed by atoms with E-state index >= 15 is 0 Å². The molecule has 0 atom stereocenters. The van der Waals surface area contributed by atoms with Gasteiger partial charge in [-0.25, -0.2) is 0 Å². The van der Waals surface area contributed by atoms with Gasteiger partial charge in [-0.3, -0.25) is 0 Å². The highest BCUT2D eigenvalue weighted by Crippen LogP contribution is 2.29. The van der Waals surface area contributed by atoms with Crippen LogP contribution in [0.3, 0.4) is 0 Å². The maximum atomic E-state index is 5.51. The minimum Gasteiger partial charge on any atom is -0.381 e. The van der Waals surface area contributed by atoms with Gasteiger partial charge in [-0.1, -0.05) is 27.2 Å². The first-order valence-corrected chi connectivity index (χ1v) is 5.53. The van der Waals surface area contributed by atoms with Crippen molar-refractivity contribution < 1.29 is 4.52 Å². The van der Waals surface area contributed by atoms with Gasteiger partial charge in [0.25, 0.3) is 0 Å². The van der Waals surface area contributed by atoms with E-state index in [2.05, 4.69) is 26.1 Å². The monoisotopic (exact) mass is 277 g/mol. The van der Waals surface area contributed by atoms with Crippen molar-refractivity contribution in [2.24, 2.45) is 0 Å². The molecule has 0 aliphatic rings. The number of aromatic nitrogens is 2. The summed E-state index contributed by atoms with van der Waals surface area (Å²) in [4.78, 5) is 3.25. The van der Waals surface area contributed by atoms with Crippen LogP contribution >= 0.6 is 15.9 Å². The molecule has 0 fully saturated rings. The number of rotatable bonds is 1. The molecule has 3 N–H and O–H groups in total. The molecule has 0 unspecified atom stereocenters. The van der Waals surface area contributed by atoms with Crippen LogP contribution in [0.25, 0.3) is 22.4 Å². The van der Waals surface area contributed by atoms with Crippen LogP contribution in [0.2, 0.25) is 0 Å². The molecule has 3 rings (SSSR count). The fourth-order valence-electron chi connectivity index (χ4n) is 1.67. The number of nitrogens with zero attached hydrogens (tertiary/aromatic N) is 1. The highest BCUT2D eigenvalue weighted by Gasteiger charge is 2.09. The van der Waals surface area contributed by atoms with Crippen LogP contribution in [-0.4, -0.2) is 10.1 Å². The minimum absolute atomic E-state index is 0.382. The zero-order valence-electron chi connectivity index (χ0n) is 8.20. The first kappa shape index (κ1) is 9.47. The van der Waals surface area contributed by atoms with Crippen molar-refractivity contribution in [1.29, 1.82) is 0 Å². The molecular formula is C11H8BrN3O. The van der Waals surface area contributed by atoms with Crippen LogP contribution in [0.5, 0.6) is 0 Å². The van der Waals surface area contributed by atoms with Crippen molar-refractivity contribution in [3.8, 4) is 11.5 Å². The lowest BCUT2D eigenvalue weighted by Gasteiger charge is -1.90. The molecule has 0 radical (unpaired) electrons. The number of halogens is 1. The molecule has 0 saturated carbocycles. The fraction of sp³-hybridized carbons (Fsp3) is 0. The Morgan fingerprint density at radius 3 is 2.88 bits per heavy atom. The van der Waals surface area contributed by atoms with Crippen molar-refractivity contribution in [2.75, 3.05) is 5.73 Å². The summed E-state index contributed by atoms with van der Waals surface area (Å²) in [5.41, 5.74) is 7.42. The predicted molar refractivity (Wildman–Crippen MR) is 65.9 cm³/mol. The zero-order valence-corrected chi connectivity index (χ0v) is 9.78. The number of nitrogen functional groups attached to an aromatic ring is 1. The number of H-pyrrole nitrogens is 1. The SMILES string of the molecule is Nc1cc(-c2cc3c(Br)cccc3[nH]2)on1. The van der Waals surface area contributed by atoms with Crippen molar-refractivity contribution in [2.45, 2.75) is 0 Å². The molecular weight excluding hydrogens is 270 g/mol. The first-order chi connectivity index (χ1) is 7.74. The van der Waals surface area contributed by atoms with Crippen molar-refractivity contribution in [3.63, 3.8) is 0 Å². The number of hydrogen-bond acceptors (Lipinski definition) is 3. The third kappa shape index (κ3) is 1.40. The normalized spacial score (nSPS) is 11.1. The summed E-state index contributed by atoms with van der Waals surface area (Å²) in [6.07, 6.45) is 0. The highest BCUT2D eigenvalue weighted by atomic mass is 79.9. The van der Waals surface area contributed by atoms with Crippen LogP contribution < -0.4 is 5.73 Å². The zero-order chi connectivity index (χ0) is 11.1. The molecule has 5 heteroatoms. The number of nitrogens with two attached hydrogens (primary N) is 1. The Balaban J connectivity index is 2.22. The lowest BCUT2D eigenvalue weighted by molar-refractivity contribution is 0.435. The summed E-state index contributed by atoms with van der Waals surface area (Å²) in [7, 11) is 0. The maximum absolute atomic E-state index is 5.51. The molecule has 0 amide bonds. The lowest BCUT2D eigenvalue weighted by Crippen LogP contribution is -1.79. The minimum atomic E-state index is 0.382. The third-order valence-electron chi connectivity index (χ3n) is 2.40. The van der Waals surface area contributed by atoms with E-state index in [1.54, 1.807) is 6.07 Å². The Bertz CT molecular complexity index is 656. The van der Waals surface area contributed by atoms with Gasteiger partial charge >= 0.3 is 0 Å². The number of benzene rings is 1. The van der Waals surface area contributed by atoms with Gasteiger partial charge in [-0.2, -0.15) is 0 Å². The molecule has 16 heavy (non-hydrogen) atoms. The molecule has 4 nitrogen and oxygen atoms in total. The van der Waals surface area contributed by atoms with Crippen molar-refractivity contribution in [1.82, 2.24) is 10.1 Å². The van der Waals surface area contributed by atoms with E-state index in [1.165, 1.54) is 0 Å². The summed E-state index contributed by atoms with van der Waals surface area (Å²) in [6.45, 7) is 0. The quantitative estimate of drug-likeness (QED) is 0.718. The van der Waals surface area contributed by atoms with E-state index in [9.17, 15) is 0 Å². The number of anilines is 1. The molecule has 0 saturated heterocycles. The van der Waals surface area contributed by atoms with Crippen molar-refractivity contribution in [3.05, 3.63) is 34.8 Å². The van der Waals surface area contributed by atoms with E-state index in [-0.39, 0.29) is 0 Å². The molecule has 2 aromatic heterocycles. The van der Waals surface area contributed by atoms with Gasteiger partial charge in [0.1, 0.15) is 0 Å². The molecule has 1 aromatic carbocycles. The predicted octanol–water partition coefficient (Wildman–Crippen LogP) is 3.17. The van der Waals surface area contributed by atoms with Gasteiger partial charge in [-0.05, 0) is 18.2 Å². The second-order valence-corrected chi connectivity index (χ2v) is 4.35. The highest BCUT2D eigenvalue weighted by molar-refractivity contribution is 9.10. The van der Waals surface area contributed by atoms with Crippen molar-refractivity contribution >= 4 is 32.7 Å². The summed E-state index contributed by atoms with van der Waals surface area (Å²) in [5, 5.41) is 4.76. The Morgan fingerprint density at radius 1 is 1.31 bits per heavy atom. The van der Waals surface area contributed by atoms with Gasteiger partial charge < -0.3 is 15.2 Å². The lowest BCUT2D eigenvalue weighted by atomic mass is 10.2. The second-order valence-electron chi connectivity index (χ2n) is 3.50. The Labute approximate surface area is 99.6 Å². The average Bonchev–Trinajstić information content (AvgIpc) is 2.84. The van der Waals surface area contributed by atoms with E-state index in [4.69, 9.17) is 10.3 Å². The third-order valence-corrected chi connectivity index (χ3v) is 3.10. The average molecular weight is 278 g/mol. The molecule has 2 heterocycles. The Hall–Kier alpha value is -1.75. The molecule has 3 aromatic rings. The largest absolute Gasteiger partial charge is 0.381 e. The maximum Gasteiger partial charge on any atom is 0.185 e. The van der Waals surface area contributed by atoms with Gasteiger partial charge in [0.15, 0.2) is 11.6 Å². The Morgan fingerprint density at radius 2 is 2.19 bits per heavy atom. The van der Waals surface area contributed by atoms with E-state index in [0.29, 0.717) is 11.6 Å². The molecule has 0 aliphatic carbocycles. The van der Waals surface area contributed by atoms with Gasteiger partial charge in [0.05, 0.1) is 5.69 Å². The topological polar surface area (TPSA) is 67.8 Å². The number of aromatic amines is 1. The van der Waals surface area contributed by atoms with Crippen LogP contribution in [-0.2, 0) is 0 Å². The van der Waals surface area contributed by atoms with E-state index in [1.807, 2.05) is 24.3 Å². The number of fused-ring (bicyclic) bond motifs is 1.